The van der Waals surface area contributed by atoms with E-state index in [0.29, 0.717) is 6.04 Å². The van der Waals surface area contributed by atoms with Crippen LogP contribution in [-0.2, 0) is 4.79 Å². The lowest BCUT2D eigenvalue weighted by molar-refractivity contribution is -0.125. The Labute approximate surface area is 85.0 Å². The van der Waals surface area contributed by atoms with Gasteiger partial charge in [0.2, 0.25) is 5.91 Å². The summed E-state index contributed by atoms with van der Waals surface area (Å²) in [5, 5.41) is 6.33. The predicted octanol–water partition coefficient (Wildman–Crippen LogP) is -0.441. The van der Waals surface area contributed by atoms with E-state index in [-0.39, 0.29) is 11.9 Å². The number of nitrogens with zero attached hydrogens (tertiary/aromatic N) is 1. The van der Waals surface area contributed by atoms with Crippen LogP contribution in [0.25, 0.3) is 0 Å². The Morgan fingerprint density at radius 1 is 1.50 bits per heavy atom. The van der Waals surface area contributed by atoms with Gasteiger partial charge in [0.05, 0.1) is 6.04 Å². The summed E-state index contributed by atoms with van der Waals surface area (Å²) in [7, 11) is 2.06. The molecule has 4 nitrogen and oxygen atoms in total. The highest BCUT2D eigenvalue weighted by atomic mass is 16.2. The lowest BCUT2D eigenvalue weighted by Crippen LogP contribution is -2.58. The Hall–Kier alpha value is -0.610. The summed E-state index contributed by atoms with van der Waals surface area (Å²) in [5.41, 5.74) is 0. The van der Waals surface area contributed by atoms with E-state index in [9.17, 15) is 4.79 Å². The van der Waals surface area contributed by atoms with Crippen LogP contribution in [0.15, 0.2) is 0 Å². The summed E-state index contributed by atoms with van der Waals surface area (Å²) in [6.07, 6.45) is 3.59. The van der Waals surface area contributed by atoms with Crippen LogP contribution < -0.4 is 10.6 Å². The molecule has 14 heavy (non-hydrogen) atoms. The van der Waals surface area contributed by atoms with Gasteiger partial charge in [0.25, 0.3) is 0 Å². The highest BCUT2D eigenvalue weighted by molar-refractivity contribution is 5.82. The van der Waals surface area contributed by atoms with Crippen molar-refractivity contribution in [3.8, 4) is 0 Å². The van der Waals surface area contributed by atoms with E-state index in [2.05, 4.69) is 22.6 Å². The van der Waals surface area contributed by atoms with Crippen LogP contribution in [-0.4, -0.2) is 49.6 Å². The fraction of sp³-hybridized carbons (Fsp3) is 0.900. The molecule has 80 valence electrons. The molecular weight excluding hydrogens is 178 g/mol. The van der Waals surface area contributed by atoms with Gasteiger partial charge in [-0.2, -0.15) is 0 Å². The zero-order valence-electron chi connectivity index (χ0n) is 8.75. The number of hydrogen-bond donors (Lipinski definition) is 2. The molecule has 1 heterocycles. The molecule has 1 atom stereocenters. The SMILES string of the molecule is CN1CCNC(C(=O)NC2CCC2)C1. The Bertz CT molecular complexity index is 215. The van der Waals surface area contributed by atoms with E-state index in [1.807, 2.05) is 0 Å². The van der Waals surface area contributed by atoms with Gasteiger partial charge in [-0.05, 0) is 26.3 Å². The minimum atomic E-state index is -0.00523. The van der Waals surface area contributed by atoms with Crippen molar-refractivity contribution in [2.45, 2.75) is 31.3 Å². The molecule has 2 rings (SSSR count). The second-order valence-electron chi connectivity index (χ2n) is 4.41. The number of rotatable bonds is 2. The van der Waals surface area contributed by atoms with Crippen LogP contribution in [0.1, 0.15) is 19.3 Å². The van der Waals surface area contributed by atoms with Crippen molar-refractivity contribution in [2.24, 2.45) is 0 Å². The van der Waals surface area contributed by atoms with Crippen molar-refractivity contribution in [3.05, 3.63) is 0 Å². The van der Waals surface area contributed by atoms with Crippen LogP contribution in [0.2, 0.25) is 0 Å². The second kappa shape index (κ2) is 4.28. The predicted molar refractivity (Wildman–Crippen MR) is 55.1 cm³/mol. The molecule has 2 fully saturated rings. The first-order chi connectivity index (χ1) is 6.75. The maximum atomic E-state index is 11.7. The number of carbonyl (C=O) groups excluding carboxylic acids is 1. The first kappa shape index (κ1) is 9.93. The molecule has 0 aromatic rings. The average molecular weight is 197 g/mol. The largest absolute Gasteiger partial charge is 0.352 e. The molecule has 0 bridgehead atoms. The lowest BCUT2D eigenvalue weighted by atomic mass is 9.93. The molecule has 1 saturated heterocycles. The summed E-state index contributed by atoms with van der Waals surface area (Å²) in [6.45, 7) is 2.78. The van der Waals surface area contributed by atoms with Gasteiger partial charge in [-0.1, -0.05) is 0 Å². The Morgan fingerprint density at radius 2 is 2.29 bits per heavy atom. The van der Waals surface area contributed by atoms with E-state index in [0.717, 1.165) is 32.5 Å². The van der Waals surface area contributed by atoms with E-state index in [1.165, 1.54) is 6.42 Å². The lowest BCUT2D eigenvalue weighted by Gasteiger charge is -2.33. The van der Waals surface area contributed by atoms with E-state index < -0.39 is 0 Å². The van der Waals surface area contributed by atoms with Crippen molar-refractivity contribution in [1.29, 1.82) is 0 Å². The van der Waals surface area contributed by atoms with Gasteiger partial charge >= 0.3 is 0 Å². The van der Waals surface area contributed by atoms with Gasteiger partial charge in [0.15, 0.2) is 0 Å². The fourth-order valence-electron chi connectivity index (χ4n) is 1.93. The van der Waals surface area contributed by atoms with Crippen LogP contribution in [0.3, 0.4) is 0 Å². The summed E-state index contributed by atoms with van der Waals surface area (Å²) in [5.74, 6) is 0.182. The van der Waals surface area contributed by atoms with Gasteiger partial charge < -0.3 is 15.5 Å². The molecule has 1 saturated carbocycles. The first-order valence-corrected chi connectivity index (χ1v) is 5.48. The van der Waals surface area contributed by atoms with Gasteiger partial charge in [-0.25, -0.2) is 0 Å². The number of piperazine rings is 1. The molecule has 1 aliphatic carbocycles. The topological polar surface area (TPSA) is 44.4 Å². The normalized spacial score (nSPS) is 29.6. The molecule has 1 aliphatic heterocycles. The van der Waals surface area contributed by atoms with Crippen molar-refractivity contribution in [3.63, 3.8) is 0 Å². The number of nitrogens with one attached hydrogen (secondary N) is 2. The Balaban J connectivity index is 1.77. The number of carbonyl (C=O) groups is 1. The summed E-state index contributed by atoms with van der Waals surface area (Å²) < 4.78 is 0. The van der Waals surface area contributed by atoms with E-state index in [4.69, 9.17) is 0 Å². The summed E-state index contributed by atoms with van der Waals surface area (Å²) >= 11 is 0. The third-order valence-corrected chi connectivity index (χ3v) is 3.15. The Kier molecular flexibility index (Phi) is 3.03. The van der Waals surface area contributed by atoms with Crippen molar-refractivity contribution >= 4 is 5.91 Å². The summed E-state index contributed by atoms with van der Waals surface area (Å²) in [4.78, 5) is 13.9. The van der Waals surface area contributed by atoms with Crippen LogP contribution in [0.4, 0.5) is 0 Å². The molecule has 1 amide bonds. The molecule has 2 aliphatic rings. The number of amides is 1. The third kappa shape index (κ3) is 2.25. The molecule has 0 radical (unpaired) electrons. The summed E-state index contributed by atoms with van der Waals surface area (Å²) in [6, 6.07) is 0.450. The highest BCUT2D eigenvalue weighted by Crippen LogP contribution is 2.18. The minimum Gasteiger partial charge on any atom is -0.352 e. The van der Waals surface area contributed by atoms with Crippen molar-refractivity contribution in [1.82, 2.24) is 15.5 Å². The third-order valence-electron chi connectivity index (χ3n) is 3.15. The quantitative estimate of drug-likeness (QED) is 0.631. The van der Waals surface area contributed by atoms with Gasteiger partial charge in [0, 0.05) is 25.7 Å². The monoisotopic (exact) mass is 197 g/mol. The van der Waals surface area contributed by atoms with Gasteiger partial charge in [0.1, 0.15) is 0 Å². The molecule has 4 heteroatoms. The smallest absolute Gasteiger partial charge is 0.238 e. The van der Waals surface area contributed by atoms with E-state index >= 15 is 0 Å². The minimum absolute atomic E-state index is 0.00523. The van der Waals surface area contributed by atoms with Crippen LogP contribution >= 0.6 is 0 Å². The molecule has 1 unspecified atom stereocenters. The zero-order valence-corrected chi connectivity index (χ0v) is 8.75. The van der Waals surface area contributed by atoms with Crippen molar-refractivity contribution < 1.29 is 4.79 Å². The molecule has 0 spiro atoms. The first-order valence-electron chi connectivity index (χ1n) is 5.48. The molecular formula is C10H19N3O. The van der Waals surface area contributed by atoms with Crippen LogP contribution in [0, 0.1) is 0 Å². The second-order valence-corrected chi connectivity index (χ2v) is 4.41. The average Bonchev–Trinajstić information content (AvgIpc) is 2.11. The van der Waals surface area contributed by atoms with Gasteiger partial charge in [-0.3, -0.25) is 4.79 Å². The van der Waals surface area contributed by atoms with Gasteiger partial charge in [-0.15, -0.1) is 0 Å². The maximum absolute atomic E-state index is 11.7. The van der Waals surface area contributed by atoms with E-state index in [1.54, 1.807) is 0 Å². The maximum Gasteiger partial charge on any atom is 0.238 e. The number of hydrogen-bond acceptors (Lipinski definition) is 3. The van der Waals surface area contributed by atoms with Crippen LogP contribution in [0.5, 0.6) is 0 Å². The Morgan fingerprint density at radius 3 is 2.86 bits per heavy atom. The van der Waals surface area contributed by atoms with Crippen molar-refractivity contribution in [2.75, 3.05) is 26.7 Å². The zero-order chi connectivity index (χ0) is 9.97. The standard InChI is InChI=1S/C10H19N3O/c1-13-6-5-11-9(7-13)10(14)12-8-3-2-4-8/h8-9,11H,2-7H2,1H3,(H,12,14). The number of likely N-dealkylation sites (N-methyl/N-ethyl adjacent to an activating group) is 1. The molecule has 2 N–H and O–H groups in total. The fourth-order valence-corrected chi connectivity index (χ4v) is 1.93. The molecule has 0 aromatic carbocycles. The highest BCUT2D eigenvalue weighted by Gasteiger charge is 2.27. The molecule has 0 aromatic heterocycles.